The van der Waals surface area contributed by atoms with Crippen molar-refractivity contribution in [3.63, 3.8) is 0 Å². The highest BCUT2D eigenvalue weighted by Crippen LogP contribution is 2.31. The largest absolute Gasteiger partial charge is 0.416 e. The topological polar surface area (TPSA) is 70.2 Å². The van der Waals surface area contributed by atoms with Crippen molar-refractivity contribution in [1.82, 2.24) is 20.4 Å². The number of rotatable bonds is 7. The number of carbonyl (C=O) groups is 1. The summed E-state index contributed by atoms with van der Waals surface area (Å²) in [6.07, 6.45) is -3.61. The molecular weight excluding hydrogens is 347 g/mol. The second-order valence-corrected chi connectivity index (χ2v) is 5.92. The smallest absolute Gasteiger partial charge is 0.351 e. The van der Waals surface area contributed by atoms with Crippen LogP contribution in [0.2, 0.25) is 0 Å². The van der Waals surface area contributed by atoms with Gasteiger partial charge in [-0.1, -0.05) is 6.07 Å². The van der Waals surface area contributed by atoms with E-state index in [2.05, 4.69) is 20.8 Å². The molecule has 0 aliphatic carbocycles. The van der Waals surface area contributed by atoms with E-state index in [1.807, 2.05) is 19.0 Å². The number of carbonyl (C=O) groups excluding carboxylic acids is 1. The maximum absolute atomic E-state index is 12.7. The molecule has 6 nitrogen and oxygen atoms in total. The van der Waals surface area contributed by atoms with E-state index < -0.39 is 11.7 Å². The first-order valence-corrected chi connectivity index (χ1v) is 7.96. The van der Waals surface area contributed by atoms with Crippen LogP contribution in [0.15, 0.2) is 36.4 Å². The van der Waals surface area contributed by atoms with Crippen molar-refractivity contribution in [3.05, 3.63) is 47.7 Å². The number of nitrogens with one attached hydrogen (secondary N) is 2. The summed E-state index contributed by atoms with van der Waals surface area (Å²) in [7, 11) is 3.90. The fourth-order valence-electron chi connectivity index (χ4n) is 2.13. The molecule has 0 fully saturated rings. The Morgan fingerprint density at radius 1 is 1.15 bits per heavy atom. The Hall–Kier alpha value is -2.68. The van der Waals surface area contributed by atoms with Gasteiger partial charge >= 0.3 is 6.18 Å². The summed E-state index contributed by atoms with van der Waals surface area (Å²) >= 11 is 0. The van der Waals surface area contributed by atoms with Crippen molar-refractivity contribution in [2.45, 2.75) is 12.6 Å². The van der Waals surface area contributed by atoms with Gasteiger partial charge in [-0.25, -0.2) is 0 Å². The minimum atomic E-state index is -4.42. The van der Waals surface area contributed by atoms with Gasteiger partial charge in [-0.15, -0.1) is 10.2 Å². The highest BCUT2D eigenvalue weighted by molar-refractivity contribution is 5.92. The number of aromatic nitrogens is 2. The zero-order valence-electron chi connectivity index (χ0n) is 14.5. The fourth-order valence-corrected chi connectivity index (χ4v) is 2.13. The number of hydrogen-bond donors (Lipinski definition) is 2. The van der Waals surface area contributed by atoms with Crippen LogP contribution in [0, 0.1) is 0 Å². The highest BCUT2D eigenvalue weighted by atomic mass is 19.4. The lowest BCUT2D eigenvalue weighted by Gasteiger charge is -2.10. The van der Waals surface area contributed by atoms with E-state index in [1.165, 1.54) is 24.3 Å². The molecule has 0 atom stereocenters. The Morgan fingerprint density at radius 3 is 2.54 bits per heavy atom. The average Bonchev–Trinajstić information content (AvgIpc) is 2.58. The number of hydrogen-bond acceptors (Lipinski definition) is 5. The van der Waals surface area contributed by atoms with Gasteiger partial charge in [0.2, 0.25) is 0 Å². The predicted octanol–water partition coefficient (Wildman–Crippen LogP) is 2.92. The van der Waals surface area contributed by atoms with E-state index >= 15 is 0 Å². The third-order valence-corrected chi connectivity index (χ3v) is 3.43. The van der Waals surface area contributed by atoms with Crippen LogP contribution in [-0.4, -0.2) is 48.2 Å². The molecule has 2 aromatic rings. The quantitative estimate of drug-likeness (QED) is 0.737. The summed E-state index contributed by atoms with van der Waals surface area (Å²) in [5.41, 5.74) is -0.386. The molecule has 140 valence electrons. The monoisotopic (exact) mass is 367 g/mol. The number of benzene rings is 1. The molecule has 2 rings (SSSR count). The number of alkyl halides is 3. The van der Waals surface area contributed by atoms with E-state index in [4.69, 9.17) is 0 Å². The molecule has 0 saturated carbocycles. The second kappa shape index (κ2) is 8.61. The van der Waals surface area contributed by atoms with E-state index in [9.17, 15) is 18.0 Å². The van der Waals surface area contributed by atoms with Crippen LogP contribution >= 0.6 is 0 Å². The maximum atomic E-state index is 12.7. The first-order valence-electron chi connectivity index (χ1n) is 7.96. The molecule has 0 bridgehead atoms. The molecule has 0 unspecified atom stereocenters. The third-order valence-electron chi connectivity index (χ3n) is 3.43. The summed E-state index contributed by atoms with van der Waals surface area (Å²) < 4.78 is 38.2. The van der Waals surface area contributed by atoms with Gasteiger partial charge in [-0.05, 0) is 57.4 Å². The number of nitrogens with zero attached hydrogens (tertiary/aromatic N) is 3. The summed E-state index contributed by atoms with van der Waals surface area (Å²) in [6, 6.07) is 7.70. The van der Waals surface area contributed by atoms with Crippen LogP contribution in [0.25, 0.3) is 0 Å². The van der Waals surface area contributed by atoms with E-state index in [-0.39, 0.29) is 23.1 Å². The van der Waals surface area contributed by atoms with Crippen LogP contribution in [0.3, 0.4) is 0 Å². The van der Waals surface area contributed by atoms with Crippen LogP contribution in [0.4, 0.5) is 24.7 Å². The molecule has 0 saturated heterocycles. The van der Waals surface area contributed by atoms with Gasteiger partial charge in [0.25, 0.3) is 5.91 Å². The third kappa shape index (κ3) is 5.99. The van der Waals surface area contributed by atoms with Crippen molar-refractivity contribution < 1.29 is 18.0 Å². The van der Waals surface area contributed by atoms with Gasteiger partial charge < -0.3 is 15.5 Å². The van der Waals surface area contributed by atoms with Crippen LogP contribution in [0.5, 0.6) is 0 Å². The molecule has 0 aliphatic rings. The zero-order chi connectivity index (χ0) is 19.2. The van der Waals surface area contributed by atoms with Gasteiger partial charge in [-0.2, -0.15) is 13.2 Å². The lowest BCUT2D eigenvalue weighted by Crippen LogP contribution is -2.28. The Labute approximate surface area is 149 Å². The fraction of sp³-hybridized carbons (Fsp3) is 0.353. The second-order valence-electron chi connectivity index (χ2n) is 5.92. The molecule has 0 radical (unpaired) electrons. The minimum absolute atomic E-state index is 0.143. The summed E-state index contributed by atoms with van der Waals surface area (Å²) in [5.74, 6) is -0.102. The molecule has 9 heteroatoms. The minimum Gasteiger partial charge on any atom is -0.351 e. The van der Waals surface area contributed by atoms with Crippen molar-refractivity contribution in [1.29, 1.82) is 0 Å². The summed E-state index contributed by atoms with van der Waals surface area (Å²) in [6.45, 7) is 1.37. The first-order chi connectivity index (χ1) is 12.3. The highest BCUT2D eigenvalue weighted by Gasteiger charge is 2.30. The van der Waals surface area contributed by atoms with Crippen molar-refractivity contribution >= 4 is 17.4 Å². The van der Waals surface area contributed by atoms with Crippen LogP contribution in [-0.2, 0) is 6.18 Å². The van der Waals surface area contributed by atoms with Gasteiger partial charge in [0.15, 0.2) is 11.5 Å². The normalized spacial score (nSPS) is 11.5. The molecule has 1 amide bonds. The Balaban J connectivity index is 1.94. The van der Waals surface area contributed by atoms with Crippen molar-refractivity contribution in [2.75, 3.05) is 32.5 Å². The lowest BCUT2D eigenvalue weighted by molar-refractivity contribution is -0.137. The first kappa shape index (κ1) is 19.6. The molecular formula is C17H20F3N5O. The standard InChI is InChI=1S/C17H20F3N5O/c1-25(2)10-4-9-21-16(26)14-7-8-15(24-23-14)22-13-6-3-5-12(11-13)17(18,19)20/h3,5-8,11H,4,9-10H2,1-2H3,(H,21,26)(H,22,24). The van der Waals surface area contributed by atoms with Gasteiger partial charge in [-0.3, -0.25) is 4.79 Å². The van der Waals surface area contributed by atoms with Gasteiger partial charge in [0, 0.05) is 12.2 Å². The van der Waals surface area contributed by atoms with E-state index in [1.54, 1.807) is 0 Å². The van der Waals surface area contributed by atoms with Crippen molar-refractivity contribution in [2.24, 2.45) is 0 Å². The SMILES string of the molecule is CN(C)CCCNC(=O)c1ccc(Nc2cccc(C(F)(F)F)c2)nn1. The van der Waals surface area contributed by atoms with E-state index in [0.29, 0.717) is 6.54 Å². The van der Waals surface area contributed by atoms with Crippen LogP contribution < -0.4 is 10.6 Å². The number of halogens is 3. The number of amides is 1. The Morgan fingerprint density at radius 2 is 1.92 bits per heavy atom. The van der Waals surface area contributed by atoms with Crippen LogP contribution in [0.1, 0.15) is 22.5 Å². The predicted molar refractivity (Wildman–Crippen MR) is 92.3 cm³/mol. The summed E-state index contributed by atoms with van der Waals surface area (Å²) in [4.78, 5) is 14.0. The molecule has 1 heterocycles. The van der Waals surface area contributed by atoms with Crippen molar-refractivity contribution in [3.8, 4) is 0 Å². The molecule has 1 aromatic heterocycles. The number of anilines is 2. The lowest BCUT2D eigenvalue weighted by atomic mass is 10.2. The zero-order valence-corrected chi connectivity index (χ0v) is 14.5. The Bertz CT molecular complexity index is 732. The molecule has 2 N–H and O–H groups in total. The van der Waals surface area contributed by atoms with Gasteiger partial charge in [0.1, 0.15) is 0 Å². The molecule has 0 aliphatic heterocycles. The molecule has 26 heavy (non-hydrogen) atoms. The maximum Gasteiger partial charge on any atom is 0.416 e. The average molecular weight is 367 g/mol. The molecule has 1 aromatic carbocycles. The molecule has 0 spiro atoms. The summed E-state index contributed by atoms with van der Waals surface area (Å²) in [5, 5.41) is 13.1. The Kier molecular flexibility index (Phi) is 6.51. The van der Waals surface area contributed by atoms with Gasteiger partial charge in [0.05, 0.1) is 5.56 Å². The van der Waals surface area contributed by atoms with E-state index in [0.717, 1.165) is 25.1 Å².